The van der Waals surface area contributed by atoms with Crippen molar-refractivity contribution in [2.24, 2.45) is 5.92 Å². The number of urea groups is 1. The van der Waals surface area contributed by atoms with Crippen LogP contribution in [0, 0.1) is 19.8 Å². The second-order valence-corrected chi connectivity index (χ2v) is 6.67. The number of rotatable bonds is 3. The van der Waals surface area contributed by atoms with E-state index in [1.807, 2.05) is 26.0 Å². The van der Waals surface area contributed by atoms with E-state index in [-0.39, 0.29) is 6.03 Å². The van der Waals surface area contributed by atoms with Gasteiger partial charge in [-0.25, -0.2) is 4.79 Å². The average Bonchev–Trinajstić information content (AvgIpc) is 2.42. The van der Waals surface area contributed by atoms with Gasteiger partial charge in [0, 0.05) is 16.7 Å². The Morgan fingerprint density at radius 2 is 1.80 bits per heavy atom. The molecule has 0 radical (unpaired) electrons. The van der Waals surface area contributed by atoms with E-state index >= 15 is 0 Å². The van der Waals surface area contributed by atoms with Crippen LogP contribution in [0.25, 0.3) is 0 Å². The summed E-state index contributed by atoms with van der Waals surface area (Å²) in [5.41, 5.74) is 3.06. The lowest BCUT2D eigenvalue weighted by atomic mass is 9.89. The molecule has 2 N–H and O–H groups in total. The number of hydrogen-bond donors (Lipinski definition) is 2. The van der Waals surface area contributed by atoms with Crippen LogP contribution in [0.1, 0.15) is 43.2 Å². The van der Waals surface area contributed by atoms with Gasteiger partial charge < -0.3 is 10.6 Å². The Morgan fingerprint density at radius 3 is 2.40 bits per heavy atom. The van der Waals surface area contributed by atoms with Crippen molar-refractivity contribution >= 4 is 27.6 Å². The summed E-state index contributed by atoms with van der Waals surface area (Å²) >= 11 is 3.47. The molecule has 1 aromatic carbocycles. The lowest BCUT2D eigenvalue weighted by molar-refractivity contribution is 0.247. The highest BCUT2D eigenvalue weighted by Gasteiger charge is 2.15. The first-order valence-electron chi connectivity index (χ1n) is 7.38. The zero-order valence-corrected chi connectivity index (χ0v) is 13.8. The van der Waals surface area contributed by atoms with Crippen molar-refractivity contribution in [1.29, 1.82) is 0 Å². The summed E-state index contributed by atoms with van der Waals surface area (Å²) in [5.74, 6) is 0.654. The van der Waals surface area contributed by atoms with Crippen LogP contribution in [0.4, 0.5) is 10.5 Å². The summed E-state index contributed by atoms with van der Waals surface area (Å²) < 4.78 is 1.04. The first-order valence-corrected chi connectivity index (χ1v) is 8.17. The van der Waals surface area contributed by atoms with E-state index in [0.717, 1.165) is 27.8 Å². The van der Waals surface area contributed by atoms with Crippen LogP contribution in [0.15, 0.2) is 16.6 Å². The number of anilines is 1. The summed E-state index contributed by atoms with van der Waals surface area (Å²) in [6.45, 7) is 4.81. The van der Waals surface area contributed by atoms with Crippen LogP contribution in [-0.4, -0.2) is 12.6 Å². The number of carbonyl (C=O) groups excluding carboxylic acids is 1. The molecule has 0 saturated heterocycles. The van der Waals surface area contributed by atoms with Crippen LogP contribution in [0.3, 0.4) is 0 Å². The number of hydrogen-bond acceptors (Lipinski definition) is 1. The maximum absolute atomic E-state index is 12.0. The highest BCUT2D eigenvalue weighted by atomic mass is 79.9. The van der Waals surface area contributed by atoms with Gasteiger partial charge in [-0.05, 0) is 55.9 Å². The Hall–Kier alpha value is -1.03. The molecular formula is C16H23BrN2O. The molecule has 3 nitrogen and oxygen atoms in total. The monoisotopic (exact) mass is 338 g/mol. The van der Waals surface area contributed by atoms with E-state index in [9.17, 15) is 4.79 Å². The Kier molecular flexibility index (Phi) is 5.46. The largest absolute Gasteiger partial charge is 0.338 e. The third-order valence-corrected chi connectivity index (χ3v) is 4.47. The molecule has 1 aromatic rings. The number of halogens is 1. The van der Waals surface area contributed by atoms with E-state index < -0.39 is 0 Å². The lowest BCUT2D eigenvalue weighted by Gasteiger charge is -2.22. The summed E-state index contributed by atoms with van der Waals surface area (Å²) in [6, 6.07) is 3.94. The minimum absolute atomic E-state index is 0.0934. The maximum atomic E-state index is 12.0. The lowest BCUT2D eigenvalue weighted by Crippen LogP contribution is -2.34. The summed E-state index contributed by atoms with van der Waals surface area (Å²) in [6.07, 6.45) is 6.45. The SMILES string of the molecule is Cc1cc(Br)cc(C)c1NC(=O)NCC1CCCCC1. The van der Waals surface area contributed by atoms with Gasteiger partial charge in [0.2, 0.25) is 0 Å². The van der Waals surface area contributed by atoms with Gasteiger partial charge in [-0.1, -0.05) is 35.2 Å². The third kappa shape index (κ3) is 4.23. The van der Waals surface area contributed by atoms with Crippen molar-refractivity contribution in [3.63, 3.8) is 0 Å². The number of benzene rings is 1. The molecule has 20 heavy (non-hydrogen) atoms. The number of aryl methyl sites for hydroxylation is 2. The molecule has 0 unspecified atom stereocenters. The Labute approximate surface area is 129 Å². The van der Waals surface area contributed by atoms with Gasteiger partial charge in [0.15, 0.2) is 0 Å². The molecule has 1 saturated carbocycles. The van der Waals surface area contributed by atoms with Gasteiger partial charge in [0.25, 0.3) is 0 Å². The van der Waals surface area contributed by atoms with Crippen molar-refractivity contribution in [3.8, 4) is 0 Å². The summed E-state index contributed by atoms with van der Waals surface area (Å²) in [4.78, 5) is 12.0. The molecule has 2 rings (SSSR count). The molecule has 2 amide bonds. The van der Waals surface area contributed by atoms with Crippen LogP contribution in [0.5, 0.6) is 0 Å². The standard InChI is InChI=1S/C16H23BrN2O/c1-11-8-14(17)9-12(2)15(11)19-16(20)18-10-13-6-4-3-5-7-13/h8-9,13H,3-7,10H2,1-2H3,(H2,18,19,20). The van der Waals surface area contributed by atoms with Crippen molar-refractivity contribution in [2.75, 3.05) is 11.9 Å². The van der Waals surface area contributed by atoms with Crippen molar-refractivity contribution < 1.29 is 4.79 Å². The smallest absolute Gasteiger partial charge is 0.319 e. The second kappa shape index (κ2) is 7.11. The fourth-order valence-electron chi connectivity index (χ4n) is 2.89. The Morgan fingerprint density at radius 1 is 1.20 bits per heavy atom. The molecule has 1 aliphatic rings. The second-order valence-electron chi connectivity index (χ2n) is 5.75. The molecule has 1 fully saturated rings. The number of carbonyl (C=O) groups is 1. The highest BCUT2D eigenvalue weighted by molar-refractivity contribution is 9.10. The number of nitrogens with one attached hydrogen (secondary N) is 2. The van der Waals surface area contributed by atoms with Crippen LogP contribution in [0.2, 0.25) is 0 Å². The van der Waals surface area contributed by atoms with E-state index in [4.69, 9.17) is 0 Å². The maximum Gasteiger partial charge on any atom is 0.319 e. The van der Waals surface area contributed by atoms with Crippen molar-refractivity contribution in [3.05, 3.63) is 27.7 Å². The van der Waals surface area contributed by atoms with E-state index in [2.05, 4.69) is 26.6 Å². The van der Waals surface area contributed by atoms with Gasteiger partial charge >= 0.3 is 6.03 Å². The summed E-state index contributed by atoms with van der Waals surface area (Å²) in [7, 11) is 0. The zero-order chi connectivity index (χ0) is 14.5. The van der Waals surface area contributed by atoms with Gasteiger partial charge in [0.05, 0.1) is 0 Å². The van der Waals surface area contributed by atoms with Crippen molar-refractivity contribution in [1.82, 2.24) is 5.32 Å². The van der Waals surface area contributed by atoms with Gasteiger partial charge in [0.1, 0.15) is 0 Å². The quantitative estimate of drug-likeness (QED) is 0.818. The highest BCUT2D eigenvalue weighted by Crippen LogP contribution is 2.25. The molecule has 0 atom stereocenters. The fourth-order valence-corrected chi connectivity index (χ4v) is 3.58. The first-order chi connectivity index (χ1) is 9.56. The first kappa shape index (κ1) is 15.4. The average molecular weight is 339 g/mol. The van der Waals surface area contributed by atoms with Crippen molar-refractivity contribution in [2.45, 2.75) is 46.0 Å². The molecule has 0 aromatic heterocycles. The molecule has 0 heterocycles. The Bertz CT molecular complexity index is 458. The molecule has 0 aliphatic heterocycles. The van der Waals surface area contributed by atoms with E-state index in [1.165, 1.54) is 32.1 Å². The topological polar surface area (TPSA) is 41.1 Å². The minimum atomic E-state index is -0.0934. The molecule has 1 aliphatic carbocycles. The zero-order valence-electron chi connectivity index (χ0n) is 12.3. The third-order valence-electron chi connectivity index (χ3n) is 4.01. The fraction of sp³-hybridized carbons (Fsp3) is 0.562. The predicted octanol–water partition coefficient (Wildman–Crippen LogP) is 4.77. The molecule has 0 spiro atoms. The van der Waals surface area contributed by atoms with Gasteiger partial charge in [-0.2, -0.15) is 0 Å². The minimum Gasteiger partial charge on any atom is -0.338 e. The predicted molar refractivity (Wildman–Crippen MR) is 87.2 cm³/mol. The normalized spacial score (nSPS) is 15.9. The van der Waals surface area contributed by atoms with Gasteiger partial charge in [-0.3, -0.25) is 0 Å². The van der Waals surface area contributed by atoms with Crippen LogP contribution >= 0.6 is 15.9 Å². The van der Waals surface area contributed by atoms with E-state index in [0.29, 0.717) is 5.92 Å². The molecule has 4 heteroatoms. The van der Waals surface area contributed by atoms with Gasteiger partial charge in [-0.15, -0.1) is 0 Å². The molecule has 110 valence electrons. The Balaban J connectivity index is 1.88. The van der Waals surface area contributed by atoms with Crippen LogP contribution < -0.4 is 10.6 Å². The summed E-state index contributed by atoms with van der Waals surface area (Å²) in [5, 5.41) is 5.98. The van der Waals surface area contributed by atoms with E-state index in [1.54, 1.807) is 0 Å². The molecular weight excluding hydrogens is 316 g/mol. The number of amides is 2. The molecule has 0 bridgehead atoms. The van der Waals surface area contributed by atoms with Crippen LogP contribution in [-0.2, 0) is 0 Å².